The van der Waals surface area contributed by atoms with Gasteiger partial charge in [-0.05, 0) is 25.8 Å². The summed E-state index contributed by atoms with van der Waals surface area (Å²) in [5.41, 5.74) is 2.18. The largest absolute Gasteiger partial charge is 0.307 e. The molecule has 1 aliphatic rings. The van der Waals surface area contributed by atoms with Gasteiger partial charge in [-0.25, -0.2) is 13.8 Å². The Morgan fingerprint density at radius 2 is 1.96 bits per heavy atom. The summed E-state index contributed by atoms with van der Waals surface area (Å²) in [7, 11) is 0. The first-order valence-electron chi connectivity index (χ1n) is 8.37. The van der Waals surface area contributed by atoms with Crippen LogP contribution in [-0.2, 0) is 6.42 Å². The van der Waals surface area contributed by atoms with Gasteiger partial charge in [0, 0.05) is 23.7 Å². The summed E-state index contributed by atoms with van der Waals surface area (Å²) < 4.78 is 27.9. The highest BCUT2D eigenvalue weighted by Gasteiger charge is 2.29. The zero-order valence-electron chi connectivity index (χ0n) is 14.1. The molecule has 0 atom stereocenters. The van der Waals surface area contributed by atoms with Gasteiger partial charge >= 0.3 is 0 Å². The zero-order chi connectivity index (χ0) is 18.3. The second-order valence-electron chi connectivity index (χ2n) is 6.22. The number of carbonyl (C=O) groups is 1. The number of hydrogen-bond donors (Lipinski definition) is 0. The maximum Gasteiger partial charge on any atom is 0.270 e. The van der Waals surface area contributed by atoms with Gasteiger partial charge in [0.15, 0.2) is 0 Å². The summed E-state index contributed by atoms with van der Waals surface area (Å²) in [4.78, 5) is 19.7. The van der Waals surface area contributed by atoms with Crippen LogP contribution in [0.2, 0.25) is 0 Å². The second-order valence-corrected chi connectivity index (χ2v) is 7.43. The fourth-order valence-corrected chi connectivity index (χ4v) is 4.20. The van der Waals surface area contributed by atoms with Crippen molar-refractivity contribution in [1.82, 2.24) is 4.98 Å². The number of benzene rings is 2. The Kier molecular flexibility index (Phi) is 4.28. The van der Waals surface area contributed by atoms with Crippen LogP contribution >= 0.6 is 11.3 Å². The van der Waals surface area contributed by atoms with E-state index in [0.717, 1.165) is 16.6 Å². The van der Waals surface area contributed by atoms with Crippen molar-refractivity contribution in [3.63, 3.8) is 0 Å². The SMILES string of the molecule is Cc1nc(-c2ccccc2)c(C(=O)N2CCCc3c(F)cc(F)cc32)s1. The Hall–Kier alpha value is -2.60. The van der Waals surface area contributed by atoms with Gasteiger partial charge in [-0.2, -0.15) is 0 Å². The minimum absolute atomic E-state index is 0.264. The van der Waals surface area contributed by atoms with Gasteiger partial charge in [-0.1, -0.05) is 30.3 Å². The average molecular weight is 370 g/mol. The number of fused-ring (bicyclic) bond motifs is 1. The van der Waals surface area contributed by atoms with Crippen molar-refractivity contribution in [3.05, 3.63) is 69.5 Å². The van der Waals surface area contributed by atoms with Gasteiger partial charge in [0.25, 0.3) is 5.91 Å². The van der Waals surface area contributed by atoms with Gasteiger partial charge in [-0.3, -0.25) is 4.79 Å². The number of aryl methyl sites for hydroxylation is 1. The van der Waals surface area contributed by atoms with E-state index in [1.807, 2.05) is 37.3 Å². The molecular formula is C20H16F2N2OS. The lowest BCUT2D eigenvalue weighted by Crippen LogP contribution is -2.35. The summed E-state index contributed by atoms with van der Waals surface area (Å²) in [6, 6.07) is 11.6. The molecule has 0 saturated heterocycles. The standard InChI is InChI=1S/C20H16F2N2OS/c1-12-23-18(13-6-3-2-4-7-13)19(26-12)20(25)24-9-5-8-15-16(22)10-14(21)11-17(15)24/h2-4,6-7,10-11H,5,8-9H2,1H3. The van der Waals surface area contributed by atoms with Gasteiger partial charge in [-0.15, -0.1) is 11.3 Å². The molecule has 2 aromatic carbocycles. The van der Waals surface area contributed by atoms with Crippen molar-refractivity contribution in [2.75, 3.05) is 11.4 Å². The number of aromatic nitrogens is 1. The molecule has 0 fully saturated rings. The zero-order valence-corrected chi connectivity index (χ0v) is 14.9. The van der Waals surface area contributed by atoms with Crippen molar-refractivity contribution < 1.29 is 13.6 Å². The highest BCUT2D eigenvalue weighted by atomic mass is 32.1. The normalized spacial score (nSPS) is 13.6. The number of anilines is 1. The van der Waals surface area contributed by atoms with Crippen LogP contribution in [0.3, 0.4) is 0 Å². The molecule has 4 rings (SSSR count). The summed E-state index contributed by atoms with van der Waals surface area (Å²) >= 11 is 1.30. The molecule has 1 aliphatic heterocycles. The minimum Gasteiger partial charge on any atom is -0.307 e. The van der Waals surface area contributed by atoms with Crippen molar-refractivity contribution in [2.24, 2.45) is 0 Å². The van der Waals surface area contributed by atoms with E-state index in [9.17, 15) is 13.6 Å². The summed E-state index contributed by atoms with van der Waals surface area (Å²) in [5, 5.41) is 0.773. The Morgan fingerprint density at radius 1 is 1.19 bits per heavy atom. The van der Waals surface area contributed by atoms with E-state index in [2.05, 4.69) is 4.98 Å². The van der Waals surface area contributed by atoms with E-state index < -0.39 is 11.6 Å². The molecule has 3 nitrogen and oxygen atoms in total. The molecule has 26 heavy (non-hydrogen) atoms. The number of nitrogens with zero attached hydrogens (tertiary/aromatic N) is 2. The fourth-order valence-electron chi connectivity index (χ4n) is 3.31. The van der Waals surface area contributed by atoms with Crippen molar-refractivity contribution in [3.8, 4) is 11.3 Å². The molecule has 1 amide bonds. The average Bonchev–Trinajstić information content (AvgIpc) is 3.03. The molecule has 0 N–H and O–H groups in total. The van der Waals surface area contributed by atoms with Gasteiger partial charge in [0.1, 0.15) is 16.5 Å². The smallest absolute Gasteiger partial charge is 0.270 e. The predicted molar refractivity (Wildman–Crippen MR) is 98.6 cm³/mol. The summed E-state index contributed by atoms with van der Waals surface area (Å²) in [5.74, 6) is -1.54. The predicted octanol–water partition coefficient (Wildman–Crippen LogP) is 4.99. The number of rotatable bonds is 2. The maximum atomic E-state index is 14.1. The van der Waals surface area contributed by atoms with Crippen molar-refractivity contribution in [2.45, 2.75) is 19.8 Å². The van der Waals surface area contributed by atoms with Crippen LogP contribution in [0.4, 0.5) is 14.5 Å². The molecule has 0 aliphatic carbocycles. The number of thiazole rings is 1. The highest BCUT2D eigenvalue weighted by molar-refractivity contribution is 7.14. The van der Waals surface area contributed by atoms with Crippen LogP contribution < -0.4 is 4.90 Å². The number of hydrogen-bond acceptors (Lipinski definition) is 3. The number of halogens is 2. The van der Waals surface area contributed by atoms with E-state index in [4.69, 9.17) is 0 Å². The lowest BCUT2D eigenvalue weighted by atomic mass is 10.0. The number of amides is 1. The van der Waals surface area contributed by atoms with Crippen molar-refractivity contribution >= 4 is 22.9 Å². The van der Waals surface area contributed by atoms with Crippen LogP contribution in [0.5, 0.6) is 0 Å². The second kappa shape index (κ2) is 6.61. The van der Waals surface area contributed by atoms with Crippen LogP contribution in [0.1, 0.15) is 26.7 Å². The molecule has 0 saturated carbocycles. The third-order valence-corrected chi connectivity index (χ3v) is 5.42. The van der Waals surface area contributed by atoms with Gasteiger partial charge in [0.2, 0.25) is 0 Å². The highest BCUT2D eigenvalue weighted by Crippen LogP contribution is 2.35. The Labute approximate surface area is 153 Å². The van der Waals surface area contributed by atoms with E-state index in [1.54, 1.807) is 0 Å². The molecule has 6 heteroatoms. The molecular weight excluding hydrogens is 354 g/mol. The minimum atomic E-state index is -0.676. The lowest BCUT2D eigenvalue weighted by Gasteiger charge is -2.29. The molecule has 1 aromatic heterocycles. The third-order valence-electron chi connectivity index (χ3n) is 4.46. The third kappa shape index (κ3) is 2.90. The van der Waals surface area contributed by atoms with E-state index in [0.29, 0.717) is 41.2 Å². The topological polar surface area (TPSA) is 33.2 Å². The lowest BCUT2D eigenvalue weighted by molar-refractivity contribution is 0.0989. The first-order valence-corrected chi connectivity index (χ1v) is 9.19. The molecule has 3 aromatic rings. The molecule has 0 unspecified atom stereocenters. The molecule has 132 valence electrons. The quantitative estimate of drug-likeness (QED) is 0.637. The first kappa shape index (κ1) is 16.8. The Bertz CT molecular complexity index is 985. The summed E-state index contributed by atoms with van der Waals surface area (Å²) in [6.07, 6.45) is 1.14. The molecule has 0 radical (unpaired) electrons. The van der Waals surface area contributed by atoms with E-state index in [1.165, 1.54) is 22.3 Å². The fraction of sp³-hybridized carbons (Fsp3) is 0.200. The van der Waals surface area contributed by atoms with Gasteiger partial charge in [0.05, 0.1) is 16.4 Å². The monoisotopic (exact) mass is 370 g/mol. The number of carbonyl (C=O) groups excluding carboxylic acids is 1. The molecule has 0 spiro atoms. The van der Waals surface area contributed by atoms with Crippen LogP contribution in [-0.4, -0.2) is 17.4 Å². The van der Waals surface area contributed by atoms with Crippen molar-refractivity contribution in [1.29, 1.82) is 0 Å². The van der Waals surface area contributed by atoms with Crippen LogP contribution in [0, 0.1) is 18.6 Å². The molecule has 2 heterocycles. The van der Waals surface area contributed by atoms with Crippen LogP contribution in [0.25, 0.3) is 11.3 Å². The Balaban J connectivity index is 1.80. The molecule has 0 bridgehead atoms. The summed E-state index contributed by atoms with van der Waals surface area (Å²) in [6.45, 7) is 2.28. The van der Waals surface area contributed by atoms with Crippen LogP contribution in [0.15, 0.2) is 42.5 Å². The first-order chi connectivity index (χ1) is 12.5. The van der Waals surface area contributed by atoms with Gasteiger partial charge < -0.3 is 4.90 Å². The maximum absolute atomic E-state index is 14.1. The Morgan fingerprint density at radius 3 is 2.73 bits per heavy atom. The van der Waals surface area contributed by atoms with E-state index >= 15 is 0 Å². The van der Waals surface area contributed by atoms with E-state index in [-0.39, 0.29) is 5.91 Å².